The van der Waals surface area contributed by atoms with Gasteiger partial charge in [-0.05, 0) is 36.0 Å². The number of rotatable bonds is 1. The summed E-state index contributed by atoms with van der Waals surface area (Å²) in [6.45, 7) is 6.65. The molecule has 0 aliphatic heterocycles. The van der Waals surface area contributed by atoms with Gasteiger partial charge in [-0.15, -0.1) is 0 Å². The predicted octanol–water partition coefficient (Wildman–Crippen LogP) is 2.53. The van der Waals surface area contributed by atoms with Crippen LogP contribution in [0.2, 0.25) is 0 Å². The Morgan fingerprint density at radius 1 is 1.38 bits per heavy atom. The maximum atomic E-state index is 11.1. The van der Waals surface area contributed by atoms with Crippen LogP contribution in [0.3, 0.4) is 0 Å². The summed E-state index contributed by atoms with van der Waals surface area (Å²) in [5.41, 5.74) is 0.277. The molecule has 2 saturated carbocycles. The third-order valence-corrected chi connectivity index (χ3v) is 5.09. The summed E-state index contributed by atoms with van der Waals surface area (Å²) in [5.74, 6) is -0.0439. The van der Waals surface area contributed by atoms with Crippen LogP contribution < -0.4 is 0 Å². The third kappa shape index (κ3) is 0.866. The minimum atomic E-state index is -0.585. The molecule has 0 heterocycles. The number of carbonyl (C=O) groups is 1. The molecule has 1 N–H and O–H groups in total. The van der Waals surface area contributed by atoms with Gasteiger partial charge in [-0.1, -0.05) is 20.8 Å². The van der Waals surface area contributed by atoms with Crippen molar-refractivity contribution in [2.75, 3.05) is 0 Å². The summed E-state index contributed by atoms with van der Waals surface area (Å²) in [6, 6.07) is 0. The molecule has 2 rings (SSSR count). The van der Waals surface area contributed by atoms with E-state index in [1.807, 2.05) is 0 Å². The molecule has 0 spiro atoms. The van der Waals surface area contributed by atoms with Crippen molar-refractivity contribution in [3.05, 3.63) is 0 Å². The first kappa shape index (κ1) is 9.04. The number of fused-ring (bicyclic) bond motifs is 2. The van der Waals surface area contributed by atoms with Crippen LogP contribution in [0.5, 0.6) is 0 Å². The Morgan fingerprint density at radius 2 is 2.00 bits per heavy atom. The van der Waals surface area contributed by atoms with Gasteiger partial charge in [-0.2, -0.15) is 0 Å². The van der Waals surface area contributed by atoms with E-state index in [1.54, 1.807) is 0 Å². The van der Waals surface area contributed by atoms with E-state index >= 15 is 0 Å². The van der Waals surface area contributed by atoms with Crippen molar-refractivity contribution < 1.29 is 9.90 Å². The Kier molecular flexibility index (Phi) is 1.59. The Hall–Kier alpha value is -0.530. The summed E-state index contributed by atoms with van der Waals surface area (Å²) in [4.78, 5) is 11.1. The maximum Gasteiger partial charge on any atom is 0.307 e. The van der Waals surface area contributed by atoms with Crippen LogP contribution >= 0.6 is 0 Å². The van der Waals surface area contributed by atoms with Crippen LogP contribution in [0.4, 0.5) is 0 Å². The highest BCUT2D eigenvalue weighted by Gasteiger charge is 2.63. The summed E-state index contributed by atoms with van der Waals surface area (Å²) < 4.78 is 0. The summed E-state index contributed by atoms with van der Waals surface area (Å²) in [6.07, 6.45) is 3.23. The number of carboxylic acid groups (broad SMARTS) is 1. The molecule has 0 radical (unpaired) electrons. The number of aliphatic carboxylic acids is 1. The SMILES string of the molecule is CC1(C)[C@@H]2CC[C@]1(C)[C@H](C(=O)O)C2. The molecule has 2 bridgehead atoms. The quantitative estimate of drug-likeness (QED) is 0.676. The van der Waals surface area contributed by atoms with E-state index in [0.717, 1.165) is 12.8 Å². The van der Waals surface area contributed by atoms with Crippen LogP contribution in [0.25, 0.3) is 0 Å². The average molecular weight is 182 g/mol. The van der Waals surface area contributed by atoms with Gasteiger partial charge in [0.1, 0.15) is 0 Å². The van der Waals surface area contributed by atoms with Crippen LogP contribution in [0, 0.1) is 22.7 Å². The number of hydrogen-bond donors (Lipinski definition) is 1. The van der Waals surface area contributed by atoms with Gasteiger partial charge in [-0.3, -0.25) is 4.79 Å². The molecule has 2 aliphatic rings. The first-order valence-electron chi connectivity index (χ1n) is 5.12. The normalized spacial score (nSPS) is 46.7. The minimum absolute atomic E-state index is 0.0451. The predicted molar refractivity (Wildman–Crippen MR) is 50.4 cm³/mol. The van der Waals surface area contributed by atoms with Crippen molar-refractivity contribution in [1.29, 1.82) is 0 Å². The van der Waals surface area contributed by atoms with Gasteiger partial charge >= 0.3 is 5.97 Å². The lowest BCUT2D eigenvalue weighted by Crippen LogP contribution is -2.36. The fraction of sp³-hybridized carbons (Fsp3) is 0.909. The summed E-state index contributed by atoms with van der Waals surface area (Å²) >= 11 is 0. The van der Waals surface area contributed by atoms with Crippen molar-refractivity contribution in [3.8, 4) is 0 Å². The van der Waals surface area contributed by atoms with E-state index in [2.05, 4.69) is 20.8 Å². The Labute approximate surface area is 79.3 Å². The highest BCUT2D eigenvalue weighted by Crippen LogP contribution is 2.68. The molecular formula is C11H18O2. The highest BCUT2D eigenvalue weighted by atomic mass is 16.4. The van der Waals surface area contributed by atoms with Crippen LogP contribution in [0.1, 0.15) is 40.0 Å². The second-order valence-corrected chi connectivity index (χ2v) is 5.50. The zero-order valence-corrected chi connectivity index (χ0v) is 8.63. The molecule has 0 aromatic rings. The fourth-order valence-corrected chi connectivity index (χ4v) is 3.58. The molecular weight excluding hydrogens is 164 g/mol. The van der Waals surface area contributed by atoms with Gasteiger partial charge in [0, 0.05) is 0 Å². The average Bonchev–Trinajstić information content (AvgIpc) is 2.34. The Morgan fingerprint density at radius 3 is 2.23 bits per heavy atom. The van der Waals surface area contributed by atoms with E-state index in [4.69, 9.17) is 5.11 Å². The largest absolute Gasteiger partial charge is 0.481 e. The van der Waals surface area contributed by atoms with Gasteiger partial charge in [0.05, 0.1) is 5.92 Å². The first-order valence-corrected chi connectivity index (χ1v) is 5.12. The topological polar surface area (TPSA) is 37.3 Å². The molecule has 74 valence electrons. The molecule has 2 heteroatoms. The standard InChI is InChI=1S/C11H18O2/c1-10(2)7-4-5-11(10,3)8(6-7)9(12)13/h7-8H,4-6H2,1-3H3,(H,12,13)/t7-,8+,11-/m1/s1. The molecule has 0 unspecified atom stereocenters. The van der Waals surface area contributed by atoms with Gasteiger partial charge in [0.2, 0.25) is 0 Å². The highest BCUT2D eigenvalue weighted by molar-refractivity contribution is 5.72. The third-order valence-electron chi connectivity index (χ3n) is 5.09. The molecule has 3 atom stereocenters. The van der Waals surface area contributed by atoms with E-state index < -0.39 is 5.97 Å². The Balaban J connectivity index is 2.38. The van der Waals surface area contributed by atoms with Crippen molar-refractivity contribution in [3.63, 3.8) is 0 Å². The lowest BCUT2D eigenvalue weighted by atomic mass is 9.67. The zero-order chi connectivity index (χ0) is 9.85. The van der Waals surface area contributed by atoms with Gasteiger partial charge in [0.15, 0.2) is 0 Å². The lowest BCUT2D eigenvalue weighted by molar-refractivity contribution is -0.147. The smallest absolute Gasteiger partial charge is 0.307 e. The maximum absolute atomic E-state index is 11.1. The molecule has 0 aromatic carbocycles. The number of carboxylic acids is 1. The van der Waals surface area contributed by atoms with E-state index in [1.165, 1.54) is 6.42 Å². The molecule has 2 aliphatic carbocycles. The zero-order valence-electron chi connectivity index (χ0n) is 8.63. The van der Waals surface area contributed by atoms with Crippen LogP contribution in [0.15, 0.2) is 0 Å². The molecule has 2 fully saturated rings. The molecule has 0 aromatic heterocycles. The van der Waals surface area contributed by atoms with E-state index in [-0.39, 0.29) is 16.7 Å². The van der Waals surface area contributed by atoms with Gasteiger partial charge in [0.25, 0.3) is 0 Å². The van der Waals surface area contributed by atoms with Crippen LogP contribution in [-0.4, -0.2) is 11.1 Å². The van der Waals surface area contributed by atoms with Crippen LogP contribution in [-0.2, 0) is 4.79 Å². The molecule has 0 saturated heterocycles. The summed E-state index contributed by atoms with van der Waals surface area (Å²) in [5, 5.41) is 9.13. The van der Waals surface area contributed by atoms with Gasteiger partial charge in [-0.25, -0.2) is 0 Å². The number of hydrogen-bond acceptors (Lipinski definition) is 1. The Bertz CT molecular complexity index is 257. The van der Waals surface area contributed by atoms with Crippen molar-refractivity contribution >= 4 is 5.97 Å². The molecule has 0 amide bonds. The molecule has 13 heavy (non-hydrogen) atoms. The second kappa shape index (κ2) is 2.28. The summed E-state index contributed by atoms with van der Waals surface area (Å²) in [7, 11) is 0. The van der Waals surface area contributed by atoms with Gasteiger partial charge < -0.3 is 5.11 Å². The van der Waals surface area contributed by atoms with E-state index in [9.17, 15) is 4.79 Å². The monoisotopic (exact) mass is 182 g/mol. The van der Waals surface area contributed by atoms with E-state index in [0.29, 0.717) is 5.92 Å². The minimum Gasteiger partial charge on any atom is -0.481 e. The first-order chi connectivity index (χ1) is 5.89. The van der Waals surface area contributed by atoms with Crippen molar-refractivity contribution in [1.82, 2.24) is 0 Å². The van der Waals surface area contributed by atoms with Crippen molar-refractivity contribution in [2.45, 2.75) is 40.0 Å². The fourth-order valence-electron chi connectivity index (χ4n) is 3.58. The second-order valence-electron chi connectivity index (χ2n) is 5.50. The van der Waals surface area contributed by atoms with Crippen molar-refractivity contribution in [2.24, 2.45) is 22.7 Å². The lowest BCUT2D eigenvalue weighted by Gasteiger charge is -2.37. The molecule has 2 nitrogen and oxygen atoms in total.